The van der Waals surface area contributed by atoms with Crippen LogP contribution in [0.1, 0.15) is 10.4 Å². The standard InChI is InChI=1S/C11H12FN3O4/c1-15(5-9(13)16)11(19)14-6-2-3-7(10(17)18)8(12)4-6/h2-4H,5H2,1H3,(H2,13,16)(H,14,19)(H,17,18). The molecule has 8 heteroatoms. The lowest BCUT2D eigenvalue weighted by Crippen LogP contribution is -2.38. The summed E-state index contributed by atoms with van der Waals surface area (Å²) in [7, 11) is 1.34. The molecule has 1 aromatic carbocycles. The van der Waals surface area contributed by atoms with Crippen LogP contribution in [-0.4, -0.2) is 41.5 Å². The third kappa shape index (κ3) is 3.95. The van der Waals surface area contributed by atoms with Crippen LogP contribution in [0.3, 0.4) is 0 Å². The Kier molecular flexibility index (Phi) is 4.41. The van der Waals surface area contributed by atoms with Gasteiger partial charge >= 0.3 is 12.0 Å². The lowest BCUT2D eigenvalue weighted by molar-refractivity contribution is -0.118. The van der Waals surface area contributed by atoms with Gasteiger partial charge in [0.05, 0.1) is 5.56 Å². The van der Waals surface area contributed by atoms with Crippen LogP contribution in [0.15, 0.2) is 18.2 Å². The zero-order chi connectivity index (χ0) is 14.6. The Morgan fingerprint density at radius 3 is 2.53 bits per heavy atom. The molecule has 0 aromatic heterocycles. The number of benzene rings is 1. The summed E-state index contributed by atoms with van der Waals surface area (Å²) in [6, 6.07) is 2.48. The fourth-order valence-corrected chi connectivity index (χ4v) is 1.29. The predicted molar refractivity (Wildman–Crippen MR) is 64.2 cm³/mol. The molecular formula is C11H12FN3O4. The molecule has 19 heavy (non-hydrogen) atoms. The molecular weight excluding hydrogens is 257 g/mol. The van der Waals surface area contributed by atoms with E-state index in [1.54, 1.807) is 0 Å². The third-order valence-corrected chi connectivity index (χ3v) is 2.19. The summed E-state index contributed by atoms with van der Waals surface area (Å²) in [6.07, 6.45) is 0. The molecule has 0 aliphatic rings. The molecule has 1 rings (SSSR count). The predicted octanol–water partition coefficient (Wildman–Crippen LogP) is 0.473. The zero-order valence-corrected chi connectivity index (χ0v) is 10.0. The van der Waals surface area contributed by atoms with E-state index in [-0.39, 0.29) is 12.2 Å². The fraction of sp³-hybridized carbons (Fsp3) is 0.182. The first-order valence-electron chi connectivity index (χ1n) is 5.14. The third-order valence-electron chi connectivity index (χ3n) is 2.19. The summed E-state index contributed by atoms with van der Waals surface area (Å²) in [5.41, 5.74) is 4.49. The first-order chi connectivity index (χ1) is 8.81. The number of carbonyl (C=O) groups is 3. The van der Waals surface area contributed by atoms with Crippen molar-refractivity contribution in [2.24, 2.45) is 5.73 Å². The first-order valence-corrected chi connectivity index (χ1v) is 5.14. The smallest absolute Gasteiger partial charge is 0.338 e. The van der Waals surface area contributed by atoms with Crippen LogP contribution in [0.4, 0.5) is 14.9 Å². The lowest BCUT2D eigenvalue weighted by atomic mass is 10.2. The molecule has 0 unspecified atom stereocenters. The molecule has 0 atom stereocenters. The minimum Gasteiger partial charge on any atom is -0.478 e. The largest absolute Gasteiger partial charge is 0.478 e. The molecule has 0 radical (unpaired) electrons. The van der Waals surface area contributed by atoms with Crippen LogP contribution >= 0.6 is 0 Å². The number of nitrogens with zero attached hydrogens (tertiary/aromatic N) is 1. The molecule has 0 heterocycles. The van der Waals surface area contributed by atoms with Gasteiger partial charge < -0.3 is 21.1 Å². The number of hydrogen-bond acceptors (Lipinski definition) is 3. The van der Waals surface area contributed by atoms with Gasteiger partial charge in [-0.05, 0) is 18.2 Å². The quantitative estimate of drug-likeness (QED) is 0.737. The number of nitrogens with one attached hydrogen (secondary N) is 1. The normalized spacial score (nSPS) is 9.79. The number of rotatable bonds is 4. The van der Waals surface area contributed by atoms with Crippen molar-refractivity contribution in [1.82, 2.24) is 4.90 Å². The van der Waals surface area contributed by atoms with E-state index in [1.165, 1.54) is 13.1 Å². The van der Waals surface area contributed by atoms with E-state index >= 15 is 0 Å². The van der Waals surface area contributed by atoms with Crippen molar-refractivity contribution in [2.75, 3.05) is 18.9 Å². The lowest BCUT2D eigenvalue weighted by Gasteiger charge is -2.16. The number of carboxylic acid groups (broad SMARTS) is 1. The van der Waals surface area contributed by atoms with Gasteiger partial charge in [0.2, 0.25) is 5.91 Å². The summed E-state index contributed by atoms with van der Waals surface area (Å²) in [4.78, 5) is 33.8. The number of primary amides is 1. The van der Waals surface area contributed by atoms with E-state index in [2.05, 4.69) is 5.32 Å². The molecule has 0 fully saturated rings. The van der Waals surface area contributed by atoms with Gasteiger partial charge in [-0.25, -0.2) is 14.0 Å². The highest BCUT2D eigenvalue weighted by Gasteiger charge is 2.14. The van der Waals surface area contributed by atoms with E-state index in [0.29, 0.717) is 0 Å². The average Bonchev–Trinajstić information content (AvgIpc) is 2.27. The van der Waals surface area contributed by atoms with Crippen LogP contribution in [-0.2, 0) is 4.79 Å². The zero-order valence-electron chi connectivity index (χ0n) is 10.0. The molecule has 0 bridgehead atoms. The number of hydrogen-bond donors (Lipinski definition) is 3. The second kappa shape index (κ2) is 5.80. The number of urea groups is 1. The Bertz CT molecular complexity index is 533. The topological polar surface area (TPSA) is 113 Å². The average molecular weight is 269 g/mol. The van der Waals surface area contributed by atoms with Crippen LogP contribution in [0.25, 0.3) is 0 Å². The molecule has 4 N–H and O–H groups in total. The van der Waals surface area contributed by atoms with Crippen molar-refractivity contribution in [3.05, 3.63) is 29.6 Å². The Morgan fingerprint density at radius 1 is 1.42 bits per heavy atom. The summed E-state index contributed by atoms with van der Waals surface area (Å²) < 4.78 is 13.3. The Hall–Kier alpha value is -2.64. The van der Waals surface area contributed by atoms with Crippen molar-refractivity contribution < 1.29 is 23.9 Å². The Morgan fingerprint density at radius 2 is 2.05 bits per heavy atom. The van der Waals surface area contributed by atoms with Crippen LogP contribution in [0, 0.1) is 5.82 Å². The van der Waals surface area contributed by atoms with Crippen molar-refractivity contribution in [3.8, 4) is 0 Å². The van der Waals surface area contributed by atoms with Crippen LogP contribution in [0.2, 0.25) is 0 Å². The van der Waals surface area contributed by atoms with Gasteiger partial charge in [-0.3, -0.25) is 4.79 Å². The number of carboxylic acids is 1. The second-order valence-electron chi connectivity index (χ2n) is 3.75. The maximum atomic E-state index is 13.3. The number of amides is 3. The highest BCUT2D eigenvalue weighted by atomic mass is 19.1. The molecule has 0 aliphatic heterocycles. The molecule has 102 valence electrons. The van der Waals surface area contributed by atoms with E-state index < -0.39 is 29.3 Å². The van der Waals surface area contributed by atoms with Crippen molar-refractivity contribution in [3.63, 3.8) is 0 Å². The maximum absolute atomic E-state index is 13.3. The van der Waals surface area contributed by atoms with E-state index in [4.69, 9.17) is 10.8 Å². The first kappa shape index (κ1) is 14.4. The molecule has 0 spiro atoms. The summed E-state index contributed by atoms with van der Waals surface area (Å²) in [6.45, 7) is -0.290. The minimum absolute atomic E-state index is 0.0730. The Labute approximate surface area is 107 Å². The summed E-state index contributed by atoms with van der Waals surface area (Å²) >= 11 is 0. The van der Waals surface area contributed by atoms with Gasteiger partial charge in [-0.2, -0.15) is 0 Å². The monoisotopic (exact) mass is 269 g/mol. The molecule has 7 nitrogen and oxygen atoms in total. The summed E-state index contributed by atoms with van der Waals surface area (Å²) in [5.74, 6) is -3.06. The molecule has 3 amide bonds. The minimum atomic E-state index is -1.40. The SMILES string of the molecule is CN(CC(N)=O)C(=O)Nc1ccc(C(=O)O)c(F)c1. The van der Waals surface area contributed by atoms with Crippen molar-refractivity contribution in [2.45, 2.75) is 0 Å². The molecule has 0 saturated carbocycles. The maximum Gasteiger partial charge on any atom is 0.338 e. The van der Waals surface area contributed by atoms with Gasteiger partial charge in [0.15, 0.2) is 0 Å². The van der Waals surface area contributed by atoms with E-state index in [0.717, 1.165) is 17.0 Å². The van der Waals surface area contributed by atoms with Gasteiger partial charge in [-0.1, -0.05) is 0 Å². The summed E-state index contributed by atoms with van der Waals surface area (Å²) in [5, 5.41) is 10.9. The number of nitrogens with two attached hydrogens (primary N) is 1. The number of carbonyl (C=O) groups excluding carboxylic acids is 2. The molecule has 0 saturated heterocycles. The van der Waals surface area contributed by atoms with Crippen LogP contribution in [0.5, 0.6) is 0 Å². The Balaban J connectivity index is 2.78. The van der Waals surface area contributed by atoms with Gasteiger partial charge in [0.1, 0.15) is 12.4 Å². The van der Waals surface area contributed by atoms with Gasteiger partial charge in [0, 0.05) is 12.7 Å². The number of aromatic carboxylic acids is 1. The van der Waals surface area contributed by atoms with Gasteiger partial charge in [0.25, 0.3) is 0 Å². The van der Waals surface area contributed by atoms with Gasteiger partial charge in [-0.15, -0.1) is 0 Å². The van der Waals surface area contributed by atoms with E-state index in [1.807, 2.05) is 0 Å². The highest BCUT2D eigenvalue weighted by molar-refractivity contribution is 5.93. The molecule has 0 aliphatic carbocycles. The number of likely N-dealkylation sites (N-methyl/N-ethyl adjacent to an activating group) is 1. The van der Waals surface area contributed by atoms with Crippen LogP contribution < -0.4 is 11.1 Å². The number of anilines is 1. The second-order valence-corrected chi connectivity index (χ2v) is 3.75. The highest BCUT2D eigenvalue weighted by Crippen LogP contribution is 2.14. The van der Waals surface area contributed by atoms with Crippen molar-refractivity contribution in [1.29, 1.82) is 0 Å². The van der Waals surface area contributed by atoms with Crippen molar-refractivity contribution >= 4 is 23.6 Å². The molecule has 1 aromatic rings. The fourth-order valence-electron chi connectivity index (χ4n) is 1.29. The number of halogens is 1. The van der Waals surface area contributed by atoms with E-state index in [9.17, 15) is 18.8 Å².